The molecule has 0 atom stereocenters. The fraction of sp³-hybridized carbons (Fsp3) is 0.250. The number of hydrogen-bond acceptors (Lipinski definition) is 0. The van der Waals surface area contributed by atoms with Gasteiger partial charge >= 0.3 is 0 Å². The van der Waals surface area contributed by atoms with Crippen LogP contribution in [0, 0.1) is 18.6 Å². The minimum Gasteiger partial charge on any atom is -0.207 e. The van der Waals surface area contributed by atoms with E-state index in [4.69, 9.17) is 0 Å². The highest BCUT2D eigenvalue weighted by Gasteiger charge is 2.05. The lowest BCUT2D eigenvalue weighted by Gasteiger charge is -2.01. The van der Waals surface area contributed by atoms with E-state index >= 15 is 0 Å². The lowest BCUT2D eigenvalue weighted by atomic mass is 10.1. The molecule has 0 aliphatic rings. The molecule has 0 nitrogen and oxygen atoms in total. The molecule has 0 bridgehead atoms. The second kappa shape index (κ2) is 3.30. The molecule has 0 radical (unpaired) electrons. The lowest BCUT2D eigenvalue weighted by molar-refractivity contribution is 0.583. The van der Waals surface area contributed by atoms with Gasteiger partial charge in [-0.05, 0) is 24.6 Å². The molecule has 0 saturated carbocycles. The standard InChI is InChI=1S/C8H7BrF2/c1-5-2-7(10)3-6(4-9)8(5)11/h2-3H,4H2,1H3. The number of rotatable bonds is 1. The van der Waals surface area contributed by atoms with E-state index in [9.17, 15) is 8.78 Å². The quantitative estimate of drug-likeness (QED) is 0.639. The first kappa shape index (κ1) is 8.65. The Hall–Kier alpha value is -0.440. The molecule has 1 rings (SSSR count). The summed E-state index contributed by atoms with van der Waals surface area (Å²) in [5.41, 5.74) is 0.710. The Morgan fingerprint density at radius 2 is 2.00 bits per heavy atom. The molecule has 60 valence electrons. The van der Waals surface area contributed by atoms with Crippen molar-refractivity contribution in [2.24, 2.45) is 0 Å². The molecule has 0 saturated heterocycles. The molecule has 11 heavy (non-hydrogen) atoms. The Balaban J connectivity index is 3.24. The van der Waals surface area contributed by atoms with Gasteiger partial charge in [-0.2, -0.15) is 0 Å². The van der Waals surface area contributed by atoms with Gasteiger partial charge in [-0.15, -0.1) is 0 Å². The summed E-state index contributed by atoms with van der Waals surface area (Å²) in [6.07, 6.45) is 0. The number of alkyl halides is 1. The molecular weight excluding hydrogens is 214 g/mol. The van der Waals surface area contributed by atoms with Crippen LogP contribution in [0.3, 0.4) is 0 Å². The van der Waals surface area contributed by atoms with Crippen molar-refractivity contribution >= 4 is 15.9 Å². The van der Waals surface area contributed by atoms with Crippen molar-refractivity contribution in [3.05, 3.63) is 34.9 Å². The average molecular weight is 221 g/mol. The minimum absolute atomic E-state index is 0.330. The van der Waals surface area contributed by atoms with E-state index in [1.165, 1.54) is 12.1 Å². The van der Waals surface area contributed by atoms with Gasteiger partial charge in [-0.1, -0.05) is 15.9 Å². The number of benzene rings is 1. The molecular formula is C8H7BrF2. The smallest absolute Gasteiger partial charge is 0.130 e. The number of halogens is 3. The normalized spacial score (nSPS) is 10.2. The third-order valence-corrected chi connectivity index (χ3v) is 2.04. The highest BCUT2D eigenvalue weighted by Crippen LogP contribution is 2.16. The molecule has 0 fully saturated rings. The number of aryl methyl sites for hydroxylation is 1. The monoisotopic (exact) mass is 220 g/mol. The fourth-order valence-corrected chi connectivity index (χ4v) is 1.30. The van der Waals surface area contributed by atoms with Gasteiger partial charge in [0.05, 0.1) is 0 Å². The zero-order chi connectivity index (χ0) is 8.43. The van der Waals surface area contributed by atoms with Crippen molar-refractivity contribution in [2.45, 2.75) is 12.3 Å². The van der Waals surface area contributed by atoms with Crippen LogP contribution in [0.1, 0.15) is 11.1 Å². The predicted molar refractivity (Wildman–Crippen MR) is 43.7 cm³/mol. The third-order valence-electron chi connectivity index (χ3n) is 1.44. The Morgan fingerprint density at radius 1 is 1.36 bits per heavy atom. The van der Waals surface area contributed by atoms with E-state index in [1.807, 2.05) is 0 Å². The summed E-state index contributed by atoms with van der Waals surface area (Å²) in [6.45, 7) is 1.55. The Labute approximate surface area is 72.4 Å². The van der Waals surface area contributed by atoms with Gasteiger partial charge in [0.1, 0.15) is 11.6 Å². The van der Waals surface area contributed by atoms with Gasteiger partial charge < -0.3 is 0 Å². The lowest BCUT2D eigenvalue weighted by Crippen LogP contribution is -1.91. The van der Waals surface area contributed by atoms with E-state index in [2.05, 4.69) is 15.9 Å². The molecule has 0 aliphatic heterocycles. The maximum absolute atomic E-state index is 13.0. The summed E-state index contributed by atoms with van der Waals surface area (Å²) in [7, 11) is 0. The van der Waals surface area contributed by atoms with E-state index in [1.54, 1.807) is 6.92 Å². The maximum atomic E-state index is 13.0. The molecule has 0 heterocycles. The van der Waals surface area contributed by atoms with Crippen molar-refractivity contribution in [3.8, 4) is 0 Å². The molecule has 3 heteroatoms. The summed E-state index contributed by atoms with van der Waals surface area (Å²) >= 11 is 3.07. The van der Waals surface area contributed by atoms with Crippen LogP contribution in [0.5, 0.6) is 0 Å². The molecule has 0 aromatic heterocycles. The van der Waals surface area contributed by atoms with Gasteiger partial charge in [-0.3, -0.25) is 0 Å². The second-order valence-corrected chi connectivity index (χ2v) is 2.89. The van der Waals surface area contributed by atoms with Crippen molar-refractivity contribution in [2.75, 3.05) is 0 Å². The van der Waals surface area contributed by atoms with E-state index in [0.717, 1.165) is 0 Å². The van der Waals surface area contributed by atoms with Gasteiger partial charge in [0.2, 0.25) is 0 Å². The largest absolute Gasteiger partial charge is 0.207 e. The molecule has 0 aliphatic carbocycles. The zero-order valence-corrected chi connectivity index (χ0v) is 7.58. The molecule has 0 unspecified atom stereocenters. The summed E-state index contributed by atoms with van der Waals surface area (Å²) in [5.74, 6) is -0.721. The van der Waals surface area contributed by atoms with Gasteiger partial charge in [0.15, 0.2) is 0 Å². The predicted octanol–water partition coefficient (Wildman–Crippen LogP) is 3.17. The van der Waals surface area contributed by atoms with Crippen molar-refractivity contribution < 1.29 is 8.78 Å². The molecule has 1 aromatic carbocycles. The Morgan fingerprint density at radius 3 is 2.55 bits per heavy atom. The highest BCUT2D eigenvalue weighted by atomic mass is 79.9. The summed E-state index contributed by atoms with van der Waals surface area (Å²) in [5, 5.41) is 0.345. The van der Waals surface area contributed by atoms with Crippen molar-refractivity contribution in [3.63, 3.8) is 0 Å². The van der Waals surface area contributed by atoms with Gasteiger partial charge in [0.25, 0.3) is 0 Å². The van der Waals surface area contributed by atoms with Crippen LogP contribution in [0.15, 0.2) is 12.1 Å². The van der Waals surface area contributed by atoms with Gasteiger partial charge in [-0.25, -0.2) is 8.78 Å². The van der Waals surface area contributed by atoms with Crippen LogP contribution in [0.2, 0.25) is 0 Å². The maximum Gasteiger partial charge on any atom is 0.130 e. The first-order chi connectivity index (χ1) is 5.15. The summed E-state index contributed by atoms with van der Waals surface area (Å²) < 4.78 is 25.6. The zero-order valence-electron chi connectivity index (χ0n) is 6.00. The average Bonchev–Trinajstić information content (AvgIpc) is 1.96. The third kappa shape index (κ3) is 1.77. The summed E-state index contributed by atoms with van der Waals surface area (Å²) in [4.78, 5) is 0. The SMILES string of the molecule is Cc1cc(F)cc(CBr)c1F. The van der Waals surface area contributed by atoms with Crippen LogP contribution < -0.4 is 0 Å². The molecule has 0 amide bonds. The first-order valence-corrected chi connectivity index (χ1v) is 4.27. The van der Waals surface area contributed by atoms with Crippen LogP contribution in [-0.2, 0) is 5.33 Å². The van der Waals surface area contributed by atoms with Gasteiger partial charge in [0, 0.05) is 10.9 Å². The van der Waals surface area contributed by atoms with E-state index in [0.29, 0.717) is 16.5 Å². The second-order valence-electron chi connectivity index (χ2n) is 2.33. The first-order valence-electron chi connectivity index (χ1n) is 3.15. The minimum atomic E-state index is -0.390. The van der Waals surface area contributed by atoms with E-state index in [-0.39, 0.29) is 5.82 Å². The number of hydrogen-bond donors (Lipinski definition) is 0. The van der Waals surface area contributed by atoms with Crippen molar-refractivity contribution in [1.29, 1.82) is 0 Å². The van der Waals surface area contributed by atoms with Crippen LogP contribution in [-0.4, -0.2) is 0 Å². The van der Waals surface area contributed by atoms with E-state index < -0.39 is 5.82 Å². The van der Waals surface area contributed by atoms with Crippen LogP contribution >= 0.6 is 15.9 Å². The Kier molecular flexibility index (Phi) is 2.60. The molecule has 0 spiro atoms. The topological polar surface area (TPSA) is 0 Å². The van der Waals surface area contributed by atoms with Crippen LogP contribution in [0.25, 0.3) is 0 Å². The fourth-order valence-electron chi connectivity index (χ4n) is 0.892. The molecule has 0 N–H and O–H groups in total. The Bertz CT molecular complexity index is 271. The van der Waals surface area contributed by atoms with Crippen LogP contribution in [0.4, 0.5) is 8.78 Å². The van der Waals surface area contributed by atoms with Crippen molar-refractivity contribution in [1.82, 2.24) is 0 Å². The summed E-state index contributed by atoms with van der Waals surface area (Å²) in [6, 6.07) is 2.37. The molecule has 1 aromatic rings. The highest BCUT2D eigenvalue weighted by molar-refractivity contribution is 9.08.